The van der Waals surface area contributed by atoms with Crippen LogP contribution in [0.1, 0.15) is 34.4 Å². The maximum absolute atomic E-state index is 12.7. The summed E-state index contributed by atoms with van der Waals surface area (Å²) in [5.41, 5.74) is 3.78. The van der Waals surface area contributed by atoms with E-state index in [4.69, 9.17) is 11.6 Å². The van der Waals surface area contributed by atoms with E-state index >= 15 is 0 Å². The van der Waals surface area contributed by atoms with Gasteiger partial charge in [-0.05, 0) is 49.6 Å². The largest absolute Gasteiger partial charge is 0.347 e. The van der Waals surface area contributed by atoms with Gasteiger partial charge in [-0.2, -0.15) is 0 Å². The minimum Gasteiger partial charge on any atom is -0.347 e. The summed E-state index contributed by atoms with van der Waals surface area (Å²) >= 11 is 5.91. The van der Waals surface area contributed by atoms with Crippen molar-refractivity contribution in [2.75, 3.05) is 4.90 Å². The molecule has 2 aromatic carbocycles. The van der Waals surface area contributed by atoms with Crippen LogP contribution in [-0.4, -0.2) is 21.9 Å². The van der Waals surface area contributed by atoms with Gasteiger partial charge < -0.3 is 10.2 Å². The molecule has 0 saturated heterocycles. The maximum Gasteiger partial charge on any atom is 0.270 e. The highest BCUT2D eigenvalue weighted by atomic mass is 35.5. The Morgan fingerprint density at radius 3 is 2.71 bits per heavy atom. The first-order valence-electron chi connectivity index (χ1n) is 9.27. The van der Waals surface area contributed by atoms with Crippen molar-refractivity contribution < 1.29 is 4.79 Å². The lowest BCUT2D eigenvalue weighted by Crippen LogP contribution is -2.28. The summed E-state index contributed by atoms with van der Waals surface area (Å²) < 4.78 is 0. The molecule has 1 aromatic heterocycles. The standard InChI is InChI=1S/C22H21ClN4O/c1-14-11-17-5-3-4-6-20(17)27(14)21-12-19(25-15(2)26-21)22(28)24-13-16-7-9-18(23)10-8-16/h3-10,12,14H,11,13H2,1-2H3,(H,24,28). The molecular weight excluding hydrogens is 372 g/mol. The molecule has 0 fully saturated rings. The van der Waals surface area contributed by atoms with E-state index in [0.717, 1.165) is 23.5 Å². The number of nitrogens with one attached hydrogen (secondary N) is 1. The lowest BCUT2D eigenvalue weighted by atomic mass is 10.1. The highest BCUT2D eigenvalue weighted by molar-refractivity contribution is 6.30. The highest BCUT2D eigenvalue weighted by Crippen LogP contribution is 2.37. The Kier molecular flexibility index (Phi) is 5.01. The van der Waals surface area contributed by atoms with Gasteiger partial charge in [0.15, 0.2) is 0 Å². The minimum atomic E-state index is -0.221. The Bertz CT molecular complexity index is 1020. The second-order valence-electron chi connectivity index (χ2n) is 7.02. The molecule has 5 nitrogen and oxygen atoms in total. The molecule has 142 valence electrons. The van der Waals surface area contributed by atoms with E-state index in [9.17, 15) is 4.79 Å². The molecule has 0 bridgehead atoms. The number of rotatable bonds is 4. The molecule has 4 rings (SSSR count). The van der Waals surface area contributed by atoms with Crippen molar-refractivity contribution in [3.63, 3.8) is 0 Å². The van der Waals surface area contributed by atoms with Crippen LogP contribution in [0.2, 0.25) is 5.02 Å². The van der Waals surface area contributed by atoms with Crippen LogP contribution in [0, 0.1) is 6.92 Å². The zero-order chi connectivity index (χ0) is 19.7. The van der Waals surface area contributed by atoms with Crippen LogP contribution in [0.4, 0.5) is 11.5 Å². The van der Waals surface area contributed by atoms with Crippen LogP contribution in [0.25, 0.3) is 0 Å². The van der Waals surface area contributed by atoms with Crippen molar-refractivity contribution in [3.05, 3.63) is 82.3 Å². The Balaban J connectivity index is 1.57. The first-order chi connectivity index (χ1) is 13.5. The Morgan fingerprint density at radius 1 is 1.18 bits per heavy atom. The number of benzene rings is 2. The average Bonchev–Trinajstić information content (AvgIpc) is 3.02. The summed E-state index contributed by atoms with van der Waals surface area (Å²) in [7, 11) is 0. The quantitative estimate of drug-likeness (QED) is 0.712. The summed E-state index contributed by atoms with van der Waals surface area (Å²) in [4.78, 5) is 23.8. The number of aryl methyl sites for hydroxylation is 1. The Labute approximate surface area is 169 Å². The highest BCUT2D eigenvalue weighted by Gasteiger charge is 2.28. The van der Waals surface area contributed by atoms with Crippen molar-refractivity contribution in [3.8, 4) is 0 Å². The molecular formula is C22H21ClN4O. The molecule has 1 aliphatic rings. The van der Waals surface area contributed by atoms with Gasteiger partial charge in [-0.15, -0.1) is 0 Å². The molecule has 1 aliphatic heterocycles. The number of aromatic nitrogens is 2. The molecule has 1 atom stereocenters. The number of nitrogens with zero attached hydrogens (tertiary/aromatic N) is 3. The van der Waals surface area contributed by atoms with Gasteiger partial charge in [-0.3, -0.25) is 4.79 Å². The number of hydrogen-bond donors (Lipinski definition) is 1. The predicted octanol–water partition coefficient (Wildman–Crippen LogP) is 4.45. The zero-order valence-electron chi connectivity index (χ0n) is 15.8. The van der Waals surface area contributed by atoms with Crippen LogP contribution in [-0.2, 0) is 13.0 Å². The van der Waals surface area contributed by atoms with Gasteiger partial charge in [0.25, 0.3) is 5.91 Å². The number of anilines is 2. The molecule has 6 heteroatoms. The number of halogens is 1. The van der Waals surface area contributed by atoms with Crippen molar-refractivity contribution >= 4 is 29.0 Å². The van der Waals surface area contributed by atoms with E-state index in [1.165, 1.54) is 5.56 Å². The molecule has 0 aliphatic carbocycles. The molecule has 1 unspecified atom stereocenters. The summed E-state index contributed by atoms with van der Waals surface area (Å²) in [5.74, 6) is 1.11. The first kappa shape index (κ1) is 18.4. The number of para-hydroxylation sites is 1. The van der Waals surface area contributed by atoms with Gasteiger partial charge in [0.05, 0.1) is 0 Å². The van der Waals surface area contributed by atoms with Gasteiger partial charge in [-0.1, -0.05) is 41.9 Å². The molecule has 0 saturated carbocycles. The third-order valence-corrected chi connectivity index (χ3v) is 5.13. The van der Waals surface area contributed by atoms with E-state index < -0.39 is 0 Å². The molecule has 1 amide bonds. The molecule has 3 aromatic rings. The fourth-order valence-electron chi connectivity index (χ4n) is 3.58. The van der Waals surface area contributed by atoms with E-state index in [-0.39, 0.29) is 11.9 Å². The molecule has 0 spiro atoms. The number of hydrogen-bond acceptors (Lipinski definition) is 4. The molecule has 1 N–H and O–H groups in total. The van der Waals surface area contributed by atoms with Crippen molar-refractivity contribution in [2.24, 2.45) is 0 Å². The third-order valence-electron chi connectivity index (χ3n) is 4.88. The van der Waals surface area contributed by atoms with Crippen molar-refractivity contribution in [2.45, 2.75) is 32.9 Å². The number of carbonyl (C=O) groups excluding carboxylic acids is 1. The lowest BCUT2D eigenvalue weighted by molar-refractivity contribution is 0.0945. The van der Waals surface area contributed by atoms with E-state index in [2.05, 4.69) is 45.3 Å². The summed E-state index contributed by atoms with van der Waals surface area (Å²) in [6.07, 6.45) is 0.956. The lowest BCUT2D eigenvalue weighted by Gasteiger charge is -2.24. The van der Waals surface area contributed by atoms with Crippen molar-refractivity contribution in [1.82, 2.24) is 15.3 Å². The average molecular weight is 393 g/mol. The summed E-state index contributed by atoms with van der Waals surface area (Å²) in [5, 5.41) is 3.59. The predicted molar refractivity (Wildman–Crippen MR) is 111 cm³/mol. The van der Waals surface area contributed by atoms with Crippen LogP contribution in [0.15, 0.2) is 54.6 Å². The number of carbonyl (C=O) groups is 1. The third kappa shape index (κ3) is 3.71. The van der Waals surface area contributed by atoms with Crippen molar-refractivity contribution in [1.29, 1.82) is 0 Å². The van der Waals surface area contributed by atoms with Gasteiger partial charge >= 0.3 is 0 Å². The summed E-state index contributed by atoms with van der Waals surface area (Å²) in [6.45, 7) is 4.39. The van der Waals surface area contributed by atoms with Crippen LogP contribution in [0.3, 0.4) is 0 Å². The molecule has 0 radical (unpaired) electrons. The van der Waals surface area contributed by atoms with E-state index in [1.807, 2.05) is 37.3 Å². The fourth-order valence-corrected chi connectivity index (χ4v) is 3.71. The normalized spacial score (nSPS) is 15.4. The van der Waals surface area contributed by atoms with Crippen LogP contribution < -0.4 is 10.2 Å². The van der Waals surface area contributed by atoms with Gasteiger partial charge in [0.2, 0.25) is 0 Å². The second-order valence-corrected chi connectivity index (χ2v) is 7.46. The minimum absolute atomic E-state index is 0.221. The van der Waals surface area contributed by atoms with Crippen LogP contribution >= 0.6 is 11.6 Å². The second kappa shape index (κ2) is 7.60. The monoisotopic (exact) mass is 392 g/mol. The van der Waals surface area contributed by atoms with Gasteiger partial charge in [0, 0.05) is 29.4 Å². The van der Waals surface area contributed by atoms with Crippen LogP contribution in [0.5, 0.6) is 0 Å². The molecule has 2 heterocycles. The zero-order valence-corrected chi connectivity index (χ0v) is 16.6. The molecule has 28 heavy (non-hydrogen) atoms. The smallest absolute Gasteiger partial charge is 0.270 e. The first-order valence-corrected chi connectivity index (χ1v) is 9.64. The Hall–Kier alpha value is -2.92. The number of fused-ring (bicyclic) bond motifs is 1. The van der Waals surface area contributed by atoms with Gasteiger partial charge in [0.1, 0.15) is 17.3 Å². The maximum atomic E-state index is 12.7. The fraction of sp³-hybridized carbons (Fsp3) is 0.227. The van der Waals surface area contributed by atoms with E-state index in [1.54, 1.807) is 6.07 Å². The topological polar surface area (TPSA) is 58.1 Å². The SMILES string of the molecule is Cc1nc(C(=O)NCc2ccc(Cl)cc2)cc(N2c3ccccc3CC2C)n1. The Morgan fingerprint density at radius 2 is 1.93 bits per heavy atom. The summed E-state index contributed by atoms with van der Waals surface area (Å²) in [6, 6.07) is 17.7. The number of amides is 1. The van der Waals surface area contributed by atoms with Gasteiger partial charge in [-0.25, -0.2) is 9.97 Å². The van der Waals surface area contributed by atoms with E-state index in [0.29, 0.717) is 23.1 Å².